The maximum atomic E-state index is 13.3. The van der Waals surface area contributed by atoms with Crippen LogP contribution in [0, 0.1) is 17.7 Å². The van der Waals surface area contributed by atoms with Gasteiger partial charge in [-0.2, -0.15) is 4.98 Å². The molecule has 2 rings (SSSR count). The van der Waals surface area contributed by atoms with Gasteiger partial charge in [0.2, 0.25) is 5.95 Å². The summed E-state index contributed by atoms with van der Waals surface area (Å²) in [6.07, 6.45) is 4.27. The second kappa shape index (κ2) is 5.27. The first kappa shape index (κ1) is 12.0. The lowest BCUT2D eigenvalue weighted by Crippen LogP contribution is -2.21. The molecule has 1 aromatic heterocycles. The van der Waals surface area contributed by atoms with Crippen molar-refractivity contribution in [3.05, 3.63) is 12.0 Å². The Morgan fingerprint density at radius 1 is 1.47 bits per heavy atom. The molecule has 2 unspecified atom stereocenters. The van der Waals surface area contributed by atoms with Gasteiger partial charge in [-0.1, -0.05) is 6.42 Å². The second-order valence-corrected chi connectivity index (χ2v) is 4.44. The van der Waals surface area contributed by atoms with Crippen molar-refractivity contribution in [1.82, 2.24) is 9.97 Å². The van der Waals surface area contributed by atoms with E-state index in [0.717, 1.165) is 25.5 Å². The summed E-state index contributed by atoms with van der Waals surface area (Å²) in [7, 11) is 0. The van der Waals surface area contributed by atoms with E-state index in [4.69, 9.17) is 5.73 Å². The van der Waals surface area contributed by atoms with E-state index in [1.54, 1.807) is 0 Å². The smallest absolute Gasteiger partial charge is 0.222 e. The van der Waals surface area contributed by atoms with Crippen molar-refractivity contribution in [2.75, 3.05) is 24.2 Å². The first-order chi connectivity index (χ1) is 8.20. The Morgan fingerprint density at radius 2 is 2.24 bits per heavy atom. The van der Waals surface area contributed by atoms with Crippen LogP contribution in [0.4, 0.5) is 16.2 Å². The van der Waals surface area contributed by atoms with Gasteiger partial charge in [0, 0.05) is 13.2 Å². The van der Waals surface area contributed by atoms with Gasteiger partial charge in [-0.15, -0.1) is 0 Å². The monoisotopic (exact) mass is 240 g/mol. The quantitative estimate of drug-likeness (QED) is 0.731. The molecule has 94 valence electrons. The van der Waals surface area contributed by atoms with Crippen LogP contribution < -0.4 is 11.1 Å². The highest BCUT2D eigenvalue weighted by Crippen LogP contribution is 2.31. The average molecular weight is 240 g/mol. The second-order valence-electron chi connectivity index (χ2n) is 4.44. The van der Waals surface area contributed by atoms with Crippen molar-refractivity contribution in [3.63, 3.8) is 0 Å². The number of nitrogens with one attached hydrogen (secondary N) is 1. The van der Waals surface area contributed by atoms with Crippen LogP contribution in [-0.2, 0) is 0 Å². The summed E-state index contributed by atoms with van der Waals surface area (Å²) >= 11 is 0. The van der Waals surface area contributed by atoms with Crippen LogP contribution in [-0.4, -0.2) is 28.2 Å². The zero-order chi connectivity index (χ0) is 12.3. The lowest BCUT2D eigenvalue weighted by Gasteiger charge is -2.18. The van der Waals surface area contributed by atoms with E-state index in [2.05, 4.69) is 15.3 Å². The van der Waals surface area contributed by atoms with Gasteiger partial charge in [-0.25, -0.2) is 9.37 Å². The summed E-state index contributed by atoms with van der Waals surface area (Å²) in [5.41, 5.74) is 5.40. The Balaban J connectivity index is 1.95. The maximum Gasteiger partial charge on any atom is 0.222 e. The number of nitrogens with two attached hydrogens (primary N) is 1. The Bertz CT molecular complexity index is 388. The minimum Gasteiger partial charge on any atom is -0.396 e. The van der Waals surface area contributed by atoms with E-state index in [1.807, 2.05) is 0 Å². The number of aromatic nitrogens is 2. The van der Waals surface area contributed by atoms with Gasteiger partial charge < -0.3 is 16.2 Å². The molecule has 1 aliphatic carbocycles. The first-order valence-electron chi connectivity index (χ1n) is 5.83. The lowest BCUT2D eigenvalue weighted by molar-refractivity contribution is 0.199. The summed E-state index contributed by atoms with van der Waals surface area (Å²) in [6, 6.07) is 0. The van der Waals surface area contributed by atoms with Crippen LogP contribution in [0.3, 0.4) is 0 Å². The lowest BCUT2D eigenvalue weighted by atomic mass is 9.97. The third-order valence-corrected chi connectivity index (χ3v) is 3.35. The first-order valence-corrected chi connectivity index (χ1v) is 5.83. The van der Waals surface area contributed by atoms with Crippen molar-refractivity contribution >= 4 is 11.8 Å². The summed E-state index contributed by atoms with van der Waals surface area (Å²) in [5.74, 6) is 0.373. The molecule has 1 heterocycles. The molecule has 4 N–H and O–H groups in total. The number of nitrogens with zero attached hydrogens (tertiary/aromatic N) is 2. The zero-order valence-corrected chi connectivity index (χ0v) is 9.56. The molecule has 1 saturated carbocycles. The van der Waals surface area contributed by atoms with Crippen LogP contribution in [0.15, 0.2) is 6.20 Å². The molecule has 1 aliphatic rings. The van der Waals surface area contributed by atoms with E-state index in [0.29, 0.717) is 18.4 Å². The summed E-state index contributed by atoms with van der Waals surface area (Å²) < 4.78 is 13.3. The van der Waals surface area contributed by atoms with E-state index in [9.17, 15) is 9.50 Å². The molecule has 5 nitrogen and oxygen atoms in total. The Labute approximate surface area is 99.3 Å². The number of aliphatic hydroxyl groups is 1. The molecular formula is C11H17FN4O. The molecule has 0 bridgehead atoms. The Hall–Kier alpha value is -1.43. The SMILES string of the molecule is Nc1ncc(F)c(NCC2CCCC2CO)n1. The number of hydrogen-bond acceptors (Lipinski definition) is 5. The number of anilines is 2. The van der Waals surface area contributed by atoms with Gasteiger partial charge in [-0.05, 0) is 24.7 Å². The third-order valence-electron chi connectivity index (χ3n) is 3.35. The van der Waals surface area contributed by atoms with Gasteiger partial charge in [0.15, 0.2) is 11.6 Å². The van der Waals surface area contributed by atoms with E-state index in [-0.39, 0.29) is 18.4 Å². The van der Waals surface area contributed by atoms with E-state index < -0.39 is 5.82 Å². The van der Waals surface area contributed by atoms with Gasteiger partial charge in [0.1, 0.15) is 0 Å². The number of nitrogen functional groups attached to an aromatic ring is 1. The molecule has 1 fully saturated rings. The molecule has 0 aliphatic heterocycles. The fourth-order valence-electron chi connectivity index (χ4n) is 2.36. The normalized spacial score (nSPS) is 23.9. The molecule has 0 aromatic carbocycles. The van der Waals surface area contributed by atoms with Crippen molar-refractivity contribution in [2.24, 2.45) is 11.8 Å². The molecule has 1 aromatic rings. The van der Waals surface area contributed by atoms with E-state index in [1.165, 1.54) is 0 Å². The van der Waals surface area contributed by atoms with Crippen molar-refractivity contribution in [3.8, 4) is 0 Å². The predicted octanol–water partition coefficient (Wildman–Crippen LogP) is 1.02. The highest BCUT2D eigenvalue weighted by atomic mass is 19.1. The maximum absolute atomic E-state index is 13.3. The zero-order valence-electron chi connectivity index (χ0n) is 9.56. The average Bonchev–Trinajstić information content (AvgIpc) is 2.77. The molecule has 2 atom stereocenters. The molecule has 0 spiro atoms. The number of aliphatic hydroxyl groups excluding tert-OH is 1. The number of rotatable bonds is 4. The third kappa shape index (κ3) is 2.82. The highest BCUT2D eigenvalue weighted by Gasteiger charge is 2.26. The standard InChI is InChI=1S/C11H17FN4O/c12-9-5-15-11(13)16-10(9)14-4-7-2-1-3-8(7)6-17/h5,7-8,17H,1-4,6H2,(H3,13,14,15,16). The topological polar surface area (TPSA) is 84.1 Å². The van der Waals surface area contributed by atoms with Gasteiger partial charge in [0.25, 0.3) is 0 Å². The van der Waals surface area contributed by atoms with Crippen molar-refractivity contribution in [2.45, 2.75) is 19.3 Å². The van der Waals surface area contributed by atoms with Crippen LogP contribution in [0.2, 0.25) is 0 Å². The number of hydrogen-bond donors (Lipinski definition) is 3. The van der Waals surface area contributed by atoms with E-state index >= 15 is 0 Å². The summed E-state index contributed by atoms with van der Waals surface area (Å²) in [4.78, 5) is 7.36. The molecule has 0 saturated heterocycles. The predicted molar refractivity (Wildman–Crippen MR) is 62.8 cm³/mol. The van der Waals surface area contributed by atoms with Crippen LogP contribution in [0.25, 0.3) is 0 Å². The molecule has 0 amide bonds. The Kier molecular flexibility index (Phi) is 3.73. The molecular weight excluding hydrogens is 223 g/mol. The van der Waals surface area contributed by atoms with Crippen LogP contribution in [0.5, 0.6) is 0 Å². The number of halogens is 1. The molecule has 6 heteroatoms. The minimum absolute atomic E-state index is 0.0547. The molecule has 17 heavy (non-hydrogen) atoms. The fourth-order valence-corrected chi connectivity index (χ4v) is 2.36. The van der Waals surface area contributed by atoms with Crippen molar-refractivity contribution in [1.29, 1.82) is 0 Å². The van der Waals surface area contributed by atoms with Gasteiger partial charge in [-0.3, -0.25) is 0 Å². The largest absolute Gasteiger partial charge is 0.396 e. The van der Waals surface area contributed by atoms with Crippen molar-refractivity contribution < 1.29 is 9.50 Å². The minimum atomic E-state index is -0.502. The highest BCUT2D eigenvalue weighted by molar-refractivity contribution is 5.39. The van der Waals surface area contributed by atoms with Gasteiger partial charge in [0.05, 0.1) is 6.20 Å². The summed E-state index contributed by atoms with van der Waals surface area (Å²) in [5, 5.41) is 12.1. The Morgan fingerprint density at radius 3 is 3.00 bits per heavy atom. The fraction of sp³-hybridized carbons (Fsp3) is 0.636. The molecule has 0 radical (unpaired) electrons. The van der Waals surface area contributed by atoms with Crippen LogP contribution in [0.1, 0.15) is 19.3 Å². The van der Waals surface area contributed by atoms with Gasteiger partial charge >= 0.3 is 0 Å². The summed E-state index contributed by atoms with van der Waals surface area (Å²) in [6.45, 7) is 0.805. The van der Waals surface area contributed by atoms with Crippen LogP contribution >= 0.6 is 0 Å².